The van der Waals surface area contributed by atoms with Crippen molar-refractivity contribution < 1.29 is 0 Å². The molecule has 0 aliphatic heterocycles. The van der Waals surface area contributed by atoms with Crippen molar-refractivity contribution in [2.24, 2.45) is 0 Å². The van der Waals surface area contributed by atoms with Gasteiger partial charge in [-0.15, -0.1) is 0 Å². The molecule has 0 nitrogen and oxygen atoms in total. The Morgan fingerprint density at radius 2 is 1.91 bits per heavy atom. The van der Waals surface area contributed by atoms with Gasteiger partial charge in [-0.3, -0.25) is 0 Å². The van der Waals surface area contributed by atoms with E-state index in [1.165, 1.54) is 11.1 Å². The predicted octanol–water partition coefficient (Wildman–Crippen LogP) is 1.91. The SMILES string of the molecule is [B]c1ccc(C(C)C)cc1C. The molecule has 11 heavy (non-hydrogen) atoms. The van der Waals surface area contributed by atoms with E-state index in [1.807, 2.05) is 13.0 Å². The van der Waals surface area contributed by atoms with Gasteiger partial charge in [0.2, 0.25) is 0 Å². The monoisotopic (exact) mass is 144 g/mol. The van der Waals surface area contributed by atoms with E-state index in [4.69, 9.17) is 7.85 Å². The van der Waals surface area contributed by atoms with E-state index >= 15 is 0 Å². The van der Waals surface area contributed by atoms with Gasteiger partial charge >= 0.3 is 0 Å². The van der Waals surface area contributed by atoms with Crippen LogP contribution in [-0.2, 0) is 0 Å². The first-order valence-electron chi connectivity index (χ1n) is 3.97. The first-order valence-corrected chi connectivity index (χ1v) is 3.97. The molecule has 0 amide bonds. The minimum Gasteiger partial charge on any atom is -0.0938 e. The minimum absolute atomic E-state index is 0.592. The summed E-state index contributed by atoms with van der Waals surface area (Å²) in [6.07, 6.45) is 0. The Morgan fingerprint density at radius 1 is 1.27 bits per heavy atom. The Balaban J connectivity index is 3.05. The minimum atomic E-state index is 0.592. The fourth-order valence-corrected chi connectivity index (χ4v) is 1.06. The molecule has 1 heteroatoms. The van der Waals surface area contributed by atoms with Crippen molar-refractivity contribution in [3.8, 4) is 0 Å². The highest BCUT2D eigenvalue weighted by Gasteiger charge is 1.98. The molecule has 1 aromatic rings. The Bertz CT molecular complexity index is 251. The highest BCUT2D eigenvalue weighted by molar-refractivity contribution is 6.33. The maximum absolute atomic E-state index is 5.69. The van der Waals surface area contributed by atoms with Gasteiger partial charge in [-0.1, -0.05) is 43.1 Å². The molecule has 0 aliphatic rings. The summed E-state index contributed by atoms with van der Waals surface area (Å²) in [6.45, 7) is 6.41. The third kappa shape index (κ3) is 1.86. The van der Waals surface area contributed by atoms with Crippen molar-refractivity contribution in [3.05, 3.63) is 29.3 Å². The first-order chi connectivity index (χ1) is 5.11. The summed E-state index contributed by atoms with van der Waals surface area (Å²) in [4.78, 5) is 0. The van der Waals surface area contributed by atoms with E-state index in [0.717, 1.165) is 5.46 Å². The zero-order valence-corrected chi connectivity index (χ0v) is 7.39. The molecule has 2 radical (unpaired) electrons. The van der Waals surface area contributed by atoms with Crippen molar-refractivity contribution in [2.75, 3.05) is 0 Å². The maximum atomic E-state index is 5.69. The van der Waals surface area contributed by atoms with Crippen molar-refractivity contribution in [1.29, 1.82) is 0 Å². The van der Waals surface area contributed by atoms with Crippen LogP contribution in [0.15, 0.2) is 18.2 Å². The molecule has 0 heterocycles. The number of hydrogen-bond acceptors (Lipinski definition) is 0. The van der Waals surface area contributed by atoms with Crippen molar-refractivity contribution >= 4 is 13.3 Å². The van der Waals surface area contributed by atoms with Gasteiger partial charge in [0, 0.05) is 0 Å². The van der Waals surface area contributed by atoms with E-state index in [9.17, 15) is 0 Å². The van der Waals surface area contributed by atoms with Crippen LogP contribution < -0.4 is 5.46 Å². The zero-order chi connectivity index (χ0) is 8.43. The van der Waals surface area contributed by atoms with Gasteiger partial charge in [-0.05, 0) is 18.4 Å². The maximum Gasteiger partial charge on any atom is 0.114 e. The van der Waals surface area contributed by atoms with Gasteiger partial charge in [0.15, 0.2) is 0 Å². The summed E-state index contributed by atoms with van der Waals surface area (Å²) >= 11 is 0. The van der Waals surface area contributed by atoms with Gasteiger partial charge < -0.3 is 0 Å². The third-order valence-electron chi connectivity index (χ3n) is 1.96. The molecule has 0 spiro atoms. The van der Waals surface area contributed by atoms with E-state index in [0.29, 0.717) is 5.92 Å². The summed E-state index contributed by atoms with van der Waals surface area (Å²) in [5.74, 6) is 0.592. The number of rotatable bonds is 1. The second kappa shape index (κ2) is 3.12. The van der Waals surface area contributed by atoms with Crippen molar-refractivity contribution in [1.82, 2.24) is 0 Å². The Morgan fingerprint density at radius 3 is 2.36 bits per heavy atom. The molecular formula is C10H13B. The zero-order valence-electron chi connectivity index (χ0n) is 7.39. The van der Waals surface area contributed by atoms with Gasteiger partial charge in [0.05, 0.1) is 0 Å². The lowest BCUT2D eigenvalue weighted by Crippen LogP contribution is -2.07. The number of aryl methyl sites for hydroxylation is 1. The number of hydrogen-bond donors (Lipinski definition) is 0. The topological polar surface area (TPSA) is 0 Å². The molecule has 1 rings (SSSR count). The largest absolute Gasteiger partial charge is 0.114 e. The molecule has 56 valence electrons. The second-order valence-electron chi connectivity index (χ2n) is 3.27. The fraction of sp³-hybridized carbons (Fsp3) is 0.400. The number of benzene rings is 1. The highest BCUT2D eigenvalue weighted by atomic mass is 14.0. The van der Waals surface area contributed by atoms with Crippen LogP contribution in [0.5, 0.6) is 0 Å². The first kappa shape index (κ1) is 8.38. The van der Waals surface area contributed by atoms with Crippen LogP contribution >= 0.6 is 0 Å². The summed E-state index contributed by atoms with van der Waals surface area (Å²) < 4.78 is 0. The molecule has 0 aliphatic carbocycles. The molecular weight excluding hydrogens is 131 g/mol. The quantitative estimate of drug-likeness (QED) is 0.528. The van der Waals surface area contributed by atoms with Crippen molar-refractivity contribution in [2.45, 2.75) is 26.7 Å². The molecule has 0 atom stereocenters. The van der Waals surface area contributed by atoms with Gasteiger partial charge in [0.1, 0.15) is 7.85 Å². The molecule has 1 aromatic carbocycles. The summed E-state index contributed by atoms with van der Waals surface area (Å²) in [5.41, 5.74) is 3.42. The Labute approximate surface area is 70.0 Å². The van der Waals surface area contributed by atoms with Crippen LogP contribution in [0.25, 0.3) is 0 Å². The summed E-state index contributed by atoms with van der Waals surface area (Å²) in [7, 11) is 5.69. The Hall–Kier alpha value is -0.715. The molecule has 0 bridgehead atoms. The standard InChI is InChI=1S/C10H13B/c1-7(2)9-4-5-10(11)8(3)6-9/h4-7H,1-3H3. The van der Waals surface area contributed by atoms with Gasteiger partial charge in [-0.25, -0.2) is 0 Å². The lowest BCUT2D eigenvalue weighted by molar-refractivity contribution is 0.865. The normalized spacial score (nSPS) is 10.5. The van der Waals surface area contributed by atoms with E-state index in [1.54, 1.807) is 0 Å². The summed E-state index contributed by atoms with van der Waals surface area (Å²) in [5, 5.41) is 0. The molecule has 0 N–H and O–H groups in total. The van der Waals surface area contributed by atoms with Crippen LogP contribution in [0.4, 0.5) is 0 Å². The molecule has 0 fully saturated rings. The smallest absolute Gasteiger partial charge is 0.0938 e. The van der Waals surface area contributed by atoms with Crippen LogP contribution in [0.2, 0.25) is 0 Å². The van der Waals surface area contributed by atoms with Crippen LogP contribution in [0, 0.1) is 6.92 Å². The average molecular weight is 144 g/mol. The van der Waals surface area contributed by atoms with E-state index < -0.39 is 0 Å². The highest BCUT2D eigenvalue weighted by Crippen LogP contribution is 2.13. The second-order valence-corrected chi connectivity index (χ2v) is 3.27. The molecule has 0 saturated carbocycles. The van der Waals surface area contributed by atoms with Crippen LogP contribution in [0.1, 0.15) is 30.9 Å². The molecule has 0 unspecified atom stereocenters. The van der Waals surface area contributed by atoms with Gasteiger partial charge in [0.25, 0.3) is 0 Å². The third-order valence-corrected chi connectivity index (χ3v) is 1.96. The van der Waals surface area contributed by atoms with Crippen LogP contribution in [-0.4, -0.2) is 7.85 Å². The predicted molar refractivity (Wildman–Crippen MR) is 50.7 cm³/mol. The molecule has 0 aromatic heterocycles. The van der Waals surface area contributed by atoms with Crippen molar-refractivity contribution in [3.63, 3.8) is 0 Å². The average Bonchev–Trinajstić information content (AvgIpc) is 1.94. The van der Waals surface area contributed by atoms with Gasteiger partial charge in [-0.2, -0.15) is 0 Å². The molecule has 0 saturated heterocycles. The lowest BCUT2D eigenvalue weighted by Gasteiger charge is -2.07. The van der Waals surface area contributed by atoms with E-state index in [-0.39, 0.29) is 0 Å². The lowest BCUT2D eigenvalue weighted by atomic mass is 9.88. The van der Waals surface area contributed by atoms with Crippen LogP contribution in [0.3, 0.4) is 0 Å². The van der Waals surface area contributed by atoms with E-state index in [2.05, 4.69) is 26.0 Å². The summed E-state index contributed by atoms with van der Waals surface area (Å²) in [6, 6.07) is 6.22. The Kier molecular flexibility index (Phi) is 2.38. The fourth-order valence-electron chi connectivity index (χ4n) is 1.06.